The summed E-state index contributed by atoms with van der Waals surface area (Å²) in [6.07, 6.45) is 1.16. The third-order valence-corrected chi connectivity index (χ3v) is 4.92. The summed E-state index contributed by atoms with van der Waals surface area (Å²) in [4.78, 5) is 44.3. The molecular formula is C17H11N3O8S. The lowest BCUT2D eigenvalue weighted by atomic mass is 10.1. The number of imide groups is 2. The number of nitrogens with one attached hydrogen (secondary N) is 2. The molecule has 148 valence electrons. The molecule has 0 spiro atoms. The van der Waals surface area contributed by atoms with Crippen molar-refractivity contribution in [3.05, 3.63) is 69.8 Å². The van der Waals surface area contributed by atoms with Gasteiger partial charge < -0.3 is 4.18 Å². The van der Waals surface area contributed by atoms with Gasteiger partial charge in [0, 0.05) is 12.1 Å². The molecule has 12 heteroatoms. The topological polar surface area (TPSA) is 162 Å². The molecule has 1 heterocycles. The minimum Gasteiger partial charge on any atom is -0.379 e. The van der Waals surface area contributed by atoms with Gasteiger partial charge in [-0.1, -0.05) is 12.1 Å². The van der Waals surface area contributed by atoms with Crippen molar-refractivity contribution in [3.8, 4) is 5.75 Å². The number of urea groups is 1. The van der Waals surface area contributed by atoms with E-state index in [1.807, 2.05) is 10.6 Å². The fourth-order valence-corrected chi connectivity index (χ4v) is 3.26. The molecule has 2 aromatic rings. The third-order valence-electron chi connectivity index (χ3n) is 3.65. The van der Waals surface area contributed by atoms with Crippen molar-refractivity contribution in [2.24, 2.45) is 0 Å². The predicted molar refractivity (Wildman–Crippen MR) is 97.0 cm³/mol. The maximum atomic E-state index is 12.4. The second-order valence-electron chi connectivity index (χ2n) is 5.66. The molecular weight excluding hydrogens is 406 g/mol. The minimum atomic E-state index is -4.28. The van der Waals surface area contributed by atoms with E-state index < -0.39 is 32.9 Å². The Morgan fingerprint density at radius 1 is 0.966 bits per heavy atom. The minimum absolute atomic E-state index is 0.120. The van der Waals surface area contributed by atoms with Crippen LogP contribution in [0.4, 0.5) is 10.5 Å². The lowest BCUT2D eigenvalue weighted by Crippen LogP contribution is -2.51. The summed E-state index contributed by atoms with van der Waals surface area (Å²) < 4.78 is 29.7. The molecule has 4 amide bonds. The van der Waals surface area contributed by atoms with Gasteiger partial charge in [0.25, 0.3) is 17.5 Å². The van der Waals surface area contributed by atoms with Crippen LogP contribution in [0.5, 0.6) is 5.75 Å². The molecule has 0 unspecified atom stereocenters. The number of hydrogen-bond donors (Lipinski definition) is 2. The van der Waals surface area contributed by atoms with Gasteiger partial charge in [-0.15, -0.1) is 0 Å². The average Bonchev–Trinajstić information content (AvgIpc) is 2.64. The quantitative estimate of drug-likeness (QED) is 0.240. The fourth-order valence-electron chi connectivity index (χ4n) is 2.34. The number of nitrogens with zero attached hydrogens (tertiary/aromatic N) is 1. The molecule has 0 aliphatic carbocycles. The van der Waals surface area contributed by atoms with Crippen LogP contribution in [0.15, 0.2) is 59.0 Å². The molecule has 0 radical (unpaired) electrons. The van der Waals surface area contributed by atoms with E-state index in [2.05, 4.69) is 0 Å². The van der Waals surface area contributed by atoms with Gasteiger partial charge in [-0.3, -0.25) is 30.3 Å². The Balaban J connectivity index is 1.85. The number of hydrogen-bond acceptors (Lipinski definition) is 8. The van der Waals surface area contributed by atoms with Gasteiger partial charge in [-0.2, -0.15) is 8.42 Å². The number of non-ortho nitro benzene ring substituents is 1. The van der Waals surface area contributed by atoms with Crippen LogP contribution in [-0.2, 0) is 19.7 Å². The summed E-state index contributed by atoms with van der Waals surface area (Å²) in [5, 5.41) is 14.5. The highest BCUT2D eigenvalue weighted by molar-refractivity contribution is 7.87. The number of benzene rings is 2. The van der Waals surface area contributed by atoms with Crippen LogP contribution >= 0.6 is 0 Å². The van der Waals surface area contributed by atoms with E-state index in [4.69, 9.17) is 4.18 Å². The highest BCUT2D eigenvalue weighted by atomic mass is 32.2. The zero-order valence-corrected chi connectivity index (χ0v) is 15.1. The highest BCUT2D eigenvalue weighted by Gasteiger charge is 2.27. The van der Waals surface area contributed by atoms with E-state index in [1.54, 1.807) is 0 Å². The molecule has 1 saturated heterocycles. The fraction of sp³-hybridized carbons (Fsp3) is 0. The Morgan fingerprint density at radius 2 is 1.59 bits per heavy atom. The second kappa shape index (κ2) is 7.52. The van der Waals surface area contributed by atoms with Gasteiger partial charge >= 0.3 is 16.1 Å². The molecule has 11 nitrogen and oxygen atoms in total. The Morgan fingerprint density at radius 3 is 2.17 bits per heavy atom. The Labute approximate surface area is 163 Å². The van der Waals surface area contributed by atoms with Crippen molar-refractivity contribution in [2.75, 3.05) is 0 Å². The van der Waals surface area contributed by atoms with Gasteiger partial charge in [0.15, 0.2) is 0 Å². The number of nitro groups is 1. The molecule has 0 bridgehead atoms. The van der Waals surface area contributed by atoms with E-state index >= 15 is 0 Å². The largest absolute Gasteiger partial charge is 0.379 e. The molecule has 0 atom stereocenters. The van der Waals surface area contributed by atoms with Crippen molar-refractivity contribution < 1.29 is 31.9 Å². The summed E-state index contributed by atoms with van der Waals surface area (Å²) in [5.74, 6) is -1.92. The summed E-state index contributed by atoms with van der Waals surface area (Å²) in [5.41, 5.74) is -0.365. The third kappa shape index (κ3) is 4.44. The second-order valence-corrected chi connectivity index (χ2v) is 7.20. The summed E-state index contributed by atoms with van der Waals surface area (Å²) in [7, 11) is -4.28. The molecule has 1 fully saturated rings. The maximum Gasteiger partial charge on any atom is 0.339 e. The Kier molecular flexibility index (Phi) is 5.10. The Bertz CT molecular complexity index is 1150. The van der Waals surface area contributed by atoms with Crippen LogP contribution in [0, 0.1) is 10.1 Å². The normalized spacial score (nSPS) is 14.1. The zero-order valence-electron chi connectivity index (χ0n) is 14.3. The average molecular weight is 417 g/mol. The first kappa shape index (κ1) is 19.7. The zero-order chi connectivity index (χ0) is 21.2. The summed E-state index contributed by atoms with van der Waals surface area (Å²) in [6.45, 7) is 0. The SMILES string of the molecule is O=C1NC(=O)C(=Cc2cccc(OS(=O)(=O)c3ccc([N+](=O)[O-])cc3)c2)C(=O)N1. The number of carbonyl (C=O) groups is 3. The van der Waals surface area contributed by atoms with Crippen LogP contribution in [0.25, 0.3) is 6.08 Å². The van der Waals surface area contributed by atoms with Gasteiger partial charge in [-0.05, 0) is 35.9 Å². The molecule has 29 heavy (non-hydrogen) atoms. The van der Waals surface area contributed by atoms with Gasteiger partial charge in [-0.25, -0.2) is 4.79 Å². The molecule has 1 aliphatic heterocycles. The molecule has 1 aliphatic rings. The molecule has 0 saturated carbocycles. The summed E-state index contributed by atoms with van der Waals surface area (Å²) in [6, 6.07) is 8.68. The lowest BCUT2D eigenvalue weighted by Gasteiger charge is -2.14. The molecule has 2 aromatic carbocycles. The van der Waals surface area contributed by atoms with E-state index in [0.29, 0.717) is 0 Å². The van der Waals surface area contributed by atoms with Crippen LogP contribution in [0.1, 0.15) is 5.56 Å². The van der Waals surface area contributed by atoms with Gasteiger partial charge in [0.2, 0.25) is 0 Å². The smallest absolute Gasteiger partial charge is 0.339 e. The van der Waals surface area contributed by atoms with E-state index in [0.717, 1.165) is 30.3 Å². The van der Waals surface area contributed by atoms with Crippen LogP contribution in [0.2, 0.25) is 0 Å². The molecule has 2 N–H and O–H groups in total. The number of carbonyl (C=O) groups excluding carboxylic acids is 3. The Hall–Kier alpha value is -4.06. The monoisotopic (exact) mass is 417 g/mol. The predicted octanol–water partition coefficient (Wildman–Crippen LogP) is 1.11. The van der Waals surface area contributed by atoms with Crippen molar-refractivity contribution in [1.29, 1.82) is 0 Å². The molecule has 0 aromatic heterocycles. The van der Waals surface area contributed by atoms with Crippen molar-refractivity contribution >= 4 is 39.7 Å². The summed E-state index contributed by atoms with van der Waals surface area (Å²) >= 11 is 0. The first-order valence-electron chi connectivity index (χ1n) is 7.83. The maximum absolute atomic E-state index is 12.4. The van der Waals surface area contributed by atoms with E-state index in [1.165, 1.54) is 24.3 Å². The van der Waals surface area contributed by atoms with Crippen molar-refractivity contribution in [1.82, 2.24) is 10.6 Å². The van der Waals surface area contributed by atoms with Gasteiger partial charge in [0.05, 0.1) is 4.92 Å². The van der Waals surface area contributed by atoms with Crippen molar-refractivity contribution in [3.63, 3.8) is 0 Å². The first-order chi connectivity index (χ1) is 13.7. The van der Waals surface area contributed by atoms with E-state index in [9.17, 15) is 32.9 Å². The number of amides is 4. The highest BCUT2D eigenvalue weighted by Crippen LogP contribution is 2.23. The number of nitro benzene ring substituents is 1. The standard InChI is InChI=1S/C17H11N3O8S/c21-15-14(16(22)19-17(23)18-15)9-10-2-1-3-12(8-10)28-29(26,27)13-6-4-11(5-7-13)20(24)25/h1-9H,(H2,18,19,21,22,23). The molecule has 3 rings (SSSR count). The van der Waals surface area contributed by atoms with E-state index in [-0.39, 0.29) is 27.5 Å². The van der Waals surface area contributed by atoms with Gasteiger partial charge in [0.1, 0.15) is 16.2 Å². The lowest BCUT2D eigenvalue weighted by molar-refractivity contribution is -0.384. The van der Waals surface area contributed by atoms with Crippen LogP contribution in [-0.4, -0.2) is 31.2 Å². The van der Waals surface area contributed by atoms with Crippen molar-refractivity contribution in [2.45, 2.75) is 4.90 Å². The number of barbiturate groups is 1. The number of rotatable bonds is 5. The first-order valence-corrected chi connectivity index (χ1v) is 9.24. The van der Waals surface area contributed by atoms with Crippen LogP contribution < -0.4 is 14.8 Å². The van der Waals surface area contributed by atoms with Crippen LogP contribution in [0.3, 0.4) is 0 Å².